The van der Waals surface area contributed by atoms with E-state index in [0.29, 0.717) is 11.1 Å². The molecule has 0 aliphatic rings. The largest absolute Gasteiger partial charge is 0.212 e. The van der Waals surface area contributed by atoms with E-state index in [1.165, 1.54) is 0 Å². The van der Waals surface area contributed by atoms with Crippen LogP contribution in [0.1, 0.15) is 36.0 Å². The first kappa shape index (κ1) is 11.2. The van der Waals surface area contributed by atoms with Gasteiger partial charge >= 0.3 is 0 Å². The van der Waals surface area contributed by atoms with Crippen molar-refractivity contribution >= 4 is 0 Å². The van der Waals surface area contributed by atoms with Gasteiger partial charge in [-0.2, -0.15) is 0 Å². The fourth-order valence-corrected chi connectivity index (χ4v) is 3.58. The smallest absolute Gasteiger partial charge is 0.201 e. The lowest BCUT2D eigenvalue weighted by Gasteiger charge is -2.15. The predicted octanol–water partition coefficient (Wildman–Crippen LogP) is 4.21. The summed E-state index contributed by atoms with van der Waals surface area (Å²) in [6.07, 6.45) is 3.59. The molecule has 128 valence electrons. The van der Waals surface area contributed by atoms with Crippen LogP contribution in [0.25, 0.3) is 22.5 Å². The van der Waals surface area contributed by atoms with E-state index in [1.807, 2.05) is 57.8 Å². The summed E-state index contributed by atoms with van der Waals surface area (Å²) in [5, 5.41) is 0. The van der Waals surface area contributed by atoms with Crippen LogP contribution in [0.3, 0.4) is 0 Å². The van der Waals surface area contributed by atoms with Gasteiger partial charge in [-0.3, -0.25) is 0 Å². The Morgan fingerprint density at radius 2 is 1.28 bits per heavy atom. The molecule has 0 spiro atoms. The summed E-state index contributed by atoms with van der Waals surface area (Å²) in [4.78, 5) is 0. The molecule has 0 aliphatic carbocycles. The Labute approximate surface area is 159 Å². The number of nitrogens with zero attached hydrogens (tertiary/aromatic N) is 2. The van der Waals surface area contributed by atoms with Crippen molar-refractivity contribution in [2.24, 2.45) is 14.1 Å². The molecule has 0 unspecified atom stereocenters. The summed E-state index contributed by atoms with van der Waals surface area (Å²) in [6.45, 7) is 1.37. The van der Waals surface area contributed by atoms with E-state index < -0.39 is 13.7 Å². The van der Waals surface area contributed by atoms with E-state index in [9.17, 15) is 0 Å². The molecule has 0 atom stereocenters. The maximum atomic E-state index is 8.14. The third kappa shape index (κ3) is 3.09. The normalized spacial score (nSPS) is 15.6. The highest BCUT2D eigenvalue weighted by atomic mass is 14.9. The minimum Gasteiger partial charge on any atom is -0.201 e. The average molecular weight is 339 g/mol. The molecule has 0 bridgehead atoms. The Morgan fingerprint density at radius 1 is 0.720 bits per heavy atom. The predicted molar refractivity (Wildman–Crippen MR) is 103 cm³/mol. The minimum atomic E-state index is -2.27. The molecule has 3 rings (SSSR count). The summed E-state index contributed by atoms with van der Waals surface area (Å²) < 4.78 is 51.2. The molecule has 0 N–H and O–H groups in total. The number of rotatable bonds is 2. The Hall–Kier alpha value is -2.48. The molecule has 2 heteroatoms. The quantitative estimate of drug-likeness (QED) is 0.618. The summed E-state index contributed by atoms with van der Waals surface area (Å²) in [5.41, 5.74) is 6.57. The standard InChI is InChI=1S/C23H28N2/c1-15-8-10-20(24(6)13-15)22-17(3)12-18(4)23(19(22)5)21-11-9-16(2)14-25(21)7/h8-14H,1-7H3/q+2/i1D3,4D3. The van der Waals surface area contributed by atoms with Crippen LogP contribution >= 0.6 is 0 Å². The van der Waals surface area contributed by atoms with Crippen molar-refractivity contribution in [1.82, 2.24) is 0 Å². The summed E-state index contributed by atoms with van der Waals surface area (Å²) in [7, 11) is 3.72. The lowest BCUT2D eigenvalue weighted by Crippen LogP contribution is -2.32. The summed E-state index contributed by atoms with van der Waals surface area (Å²) in [6, 6.07) is 9.07. The lowest BCUT2D eigenvalue weighted by atomic mass is 9.89. The van der Waals surface area contributed by atoms with Crippen LogP contribution < -0.4 is 9.13 Å². The molecule has 0 radical (unpaired) electrons. The highest BCUT2D eigenvalue weighted by molar-refractivity contribution is 5.78. The van der Waals surface area contributed by atoms with Crippen molar-refractivity contribution in [3.63, 3.8) is 0 Å². The SMILES string of the molecule is [2H]C([2H])([2H])c1ccc(-c2c(C)cc(C([2H])([2H])[2H])c(-c3ccc(C)c[n+]3C)c2C)[n+](C)c1. The number of aromatic nitrogens is 2. The van der Waals surface area contributed by atoms with Gasteiger partial charge in [-0.1, -0.05) is 6.07 Å². The van der Waals surface area contributed by atoms with E-state index in [1.54, 1.807) is 29.0 Å². The fourth-order valence-electron chi connectivity index (χ4n) is 3.58. The van der Waals surface area contributed by atoms with Crippen LogP contribution in [-0.4, -0.2) is 0 Å². The average Bonchev–Trinajstić information content (AvgIpc) is 2.62. The van der Waals surface area contributed by atoms with Crippen molar-refractivity contribution in [3.8, 4) is 22.5 Å². The van der Waals surface area contributed by atoms with Gasteiger partial charge in [-0.05, 0) is 63.3 Å². The number of hydrogen-bond donors (Lipinski definition) is 0. The molecule has 0 saturated heterocycles. The second kappa shape index (κ2) is 6.44. The second-order valence-corrected chi connectivity index (χ2v) is 6.73. The Bertz CT molecular complexity index is 1160. The Kier molecular flexibility index (Phi) is 2.88. The molecule has 3 aromatic rings. The van der Waals surface area contributed by atoms with Crippen molar-refractivity contribution < 1.29 is 17.4 Å². The summed E-state index contributed by atoms with van der Waals surface area (Å²) >= 11 is 0. The lowest BCUT2D eigenvalue weighted by molar-refractivity contribution is -0.661. The van der Waals surface area contributed by atoms with Gasteiger partial charge in [0.25, 0.3) is 0 Å². The van der Waals surface area contributed by atoms with Crippen molar-refractivity contribution in [1.29, 1.82) is 0 Å². The topological polar surface area (TPSA) is 7.76 Å². The Balaban J connectivity index is 2.37. The van der Waals surface area contributed by atoms with E-state index in [2.05, 4.69) is 0 Å². The number of aryl methyl sites for hydroxylation is 6. The molecular formula is C23H28N2+2. The second-order valence-electron chi connectivity index (χ2n) is 6.73. The van der Waals surface area contributed by atoms with Gasteiger partial charge in [-0.15, -0.1) is 0 Å². The van der Waals surface area contributed by atoms with E-state index in [-0.39, 0.29) is 5.56 Å². The van der Waals surface area contributed by atoms with Crippen LogP contribution in [0.15, 0.2) is 42.7 Å². The molecule has 0 saturated carbocycles. The van der Waals surface area contributed by atoms with Crippen LogP contribution in [0.5, 0.6) is 0 Å². The van der Waals surface area contributed by atoms with Gasteiger partial charge in [0, 0.05) is 31.5 Å². The maximum absolute atomic E-state index is 8.14. The molecule has 0 amide bonds. The summed E-state index contributed by atoms with van der Waals surface area (Å²) in [5.74, 6) is 0. The van der Waals surface area contributed by atoms with Crippen LogP contribution in [-0.2, 0) is 14.1 Å². The third-order valence-corrected chi connectivity index (χ3v) is 4.70. The zero-order chi connectivity index (χ0) is 23.3. The van der Waals surface area contributed by atoms with E-state index >= 15 is 0 Å². The number of benzene rings is 1. The van der Waals surface area contributed by atoms with Crippen molar-refractivity contribution in [2.45, 2.75) is 34.5 Å². The molecule has 2 nitrogen and oxygen atoms in total. The van der Waals surface area contributed by atoms with Gasteiger partial charge in [0.05, 0.1) is 11.1 Å². The van der Waals surface area contributed by atoms with Gasteiger partial charge in [-0.25, -0.2) is 9.13 Å². The molecule has 0 aliphatic heterocycles. The van der Waals surface area contributed by atoms with E-state index in [0.717, 1.165) is 33.6 Å². The van der Waals surface area contributed by atoms with Gasteiger partial charge < -0.3 is 0 Å². The van der Waals surface area contributed by atoms with Crippen LogP contribution in [0, 0.1) is 34.5 Å². The molecule has 2 aromatic heterocycles. The van der Waals surface area contributed by atoms with Gasteiger partial charge in [0.15, 0.2) is 12.4 Å². The molecule has 1 aromatic carbocycles. The monoisotopic (exact) mass is 338 g/mol. The first-order chi connectivity index (χ1) is 14.2. The highest BCUT2D eigenvalue weighted by Crippen LogP contribution is 2.34. The molecule has 25 heavy (non-hydrogen) atoms. The van der Waals surface area contributed by atoms with Crippen molar-refractivity contribution in [2.75, 3.05) is 0 Å². The van der Waals surface area contributed by atoms with Crippen molar-refractivity contribution in [3.05, 3.63) is 70.5 Å². The van der Waals surface area contributed by atoms with Gasteiger partial charge in [0.2, 0.25) is 11.4 Å². The molecule has 2 heterocycles. The highest BCUT2D eigenvalue weighted by Gasteiger charge is 2.23. The first-order valence-corrected chi connectivity index (χ1v) is 8.33. The Morgan fingerprint density at radius 3 is 1.84 bits per heavy atom. The molecular weight excluding hydrogens is 304 g/mol. The van der Waals surface area contributed by atoms with Crippen LogP contribution in [0.4, 0.5) is 0 Å². The molecule has 0 fully saturated rings. The number of pyridine rings is 2. The zero-order valence-electron chi connectivity index (χ0n) is 21.4. The van der Waals surface area contributed by atoms with Gasteiger partial charge in [0.1, 0.15) is 14.1 Å². The first-order valence-electron chi connectivity index (χ1n) is 11.3. The van der Waals surface area contributed by atoms with E-state index in [4.69, 9.17) is 8.22 Å². The maximum Gasteiger partial charge on any atom is 0.212 e. The number of hydrogen-bond acceptors (Lipinski definition) is 0. The minimum absolute atomic E-state index is 0.262. The zero-order valence-corrected chi connectivity index (χ0v) is 15.4. The fraction of sp³-hybridized carbons (Fsp3) is 0.304. The van der Waals surface area contributed by atoms with Crippen LogP contribution in [0.2, 0.25) is 0 Å². The third-order valence-electron chi connectivity index (χ3n) is 4.70.